The van der Waals surface area contributed by atoms with Gasteiger partial charge in [0.1, 0.15) is 12.4 Å². The molecule has 24 heavy (non-hydrogen) atoms. The Kier molecular flexibility index (Phi) is 7.19. The summed E-state index contributed by atoms with van der Waals surface area (Å²) in [5.74, 6) is 2.23. The molecule has 0 aliphatic heterocycles. The molecule has 0 heterocycles. The van der Waals surface area contributed by atoms with E-state index in [0.717, 1.165) is 17.1 Å². The average molecular weight is 343 g/mol. The number of hydrogen-bond donors (Lipinski definition) is 1. The van der Waals surface area contributed by atoms with Crippen LogP contribution in [0.15, 0.2) is 48.5 Å². The molecule has 0 aliphatic rings. The number of thioether (sulfide) groups is 1. The first-order chi connectivity index (χ1) is 11.5. The lowest BCUT2D eigenvalue weighted by Gasteiger charge is -2.16. The van der Waals surface area contributed by atoms with Crippen LogP contribution in [-0.2, 0) is 10.5 Å². The van der Waals surface area contributed by atoms with Gasteiger partial charge in [0.2, 0.25) is 5.91 Å². The zero-order chi connectivity index (χ0) is 17.4. The maximum Gasteiger partial charge on any atom is 0.230 e. The predicted molar refractivity (Wildman–Crippen MR) is 102 cm³/mol. The summed E-state index contributed by atoms with van der Waals surface area (Å²) in [4.78, 5) is 12.0. The first-order valence-corrected chi connectivity index (χ1v) is 9.31. The standard InChI is InChI=1S/C20H25NO2S/c1-15-8-10-18(11-9-15)13-24-14-20(22)21-17(3)12-23-19-7-5-4-6-16(19)2/h4-11,17H,12-14H2,1-3H3,(H,21,22)/t17-/m1/s1. The number of nitrogens with one attached hydrogen (secondary N) is 1. The quantitative estimate of drug-likeness (QED) is 0.783. The second-order valence-corrected chi connectivity index (χ2v) is 7.01. The van der Waals surface area contributed by atoms with Gasteiger partial charge in [-0.2, -0.15) is 0 Å². The molecule has 0 radical (unpaired) electrons. The van der Waals surface area contributed by atoms with Crippen LogP contribution in [0.3, 0.4) is 0 Å². The molecule has 0 fully saturated rings. The van der Waals surface area contributed by atoms with Crippen LogP contribution in [-0.4, -0.2) is 24.3 Å². The van der Waals surface area contributed by atoms with Crippen molar-refractivity contribution in [2.24, 2.45) is 0 Å². The molecule has 0 spiro atoms. The van der Waals surface area contributed by atoms with Crippen molar-refractivity contribution < 1.29 is 9.53 Å². The van der Waals surface area contributed by atoms with Crippen LogP contribution in [0, 0.1) is 13.8 Å². The number of hydrogen-bond acceptors (Lipinski definition) is 3. The van der Waals surface area contributed by atoms with Crippen molar-refractivity contribution in [2.75, 3.05) is 12.4 Å². The predicted octanol–water partition coefficient (Wildman–Crippen LogP) is 4.12. The minimum atomic E-state index is -0.0166. The number of rotatable bonds is 8. The van der Waals surface area contributed by atoms with Gasteiger partial charge in [-0.05, 0) is 38.0 Å². The SMILES string of the molecule is Cc1ccc(CSCC(=O)N[C@H](C)COc2ccccc2C)cc1. The van der Waals surface area contributed by atoms with E-state index < -0.39 is 0 Å². The van der Waals surface area contributed by atoms with Crippen molar-refractivity contribution in [3.8, 4) is 5.75 Å². The molecular weight excluding hydrogens is 318 g/mol. The molecule has 1 amide bonds. The van der Waals surface area contributed by atoms with E-state index in [9.17, 15) is 4.79 Å². The minimum absolute atomic E-state index is 0.0166. The molecule has 1 atom stereocenters. The van der Waals surface area contributed by atoms with E-state index in [-0.39, 0.29) is 11.9 Å². The normalized spacial score (nSPS) is 11.8. The number of amides is 1. The molecule has 2 rings (SSSR count). The smallest absolute Gasteiger partial charge is 0.230 e. The molecular formula is C20H25NO2S. The summed E-state index contributed by atoms with van der Waals surface area (Å²) in [6.07, 6.45) is 0. The first kappa shape index (κ1) is 18.4. The van der Waals surface area contributed by atoms with Crippen molar-refractivity contribution in [1.82, 2.24) is 5.32 Å². The molecule has 4 heteroatoms. The van der Waals surface area contributed by atoms with E-state index in [2.05, 4.69) is 36.5 Å². The Morgan fingerprint density at radius 3 is 2.54 bits per heavy atom. The fraction of sp³-hybridized carbons (Fsp3) is 0.350. The van der Waals surface area contributed by atoms with Crippen LogP contribution in [0.2, 0.25) is 0 Å². The van der Waals surface area contributed by atoms with Crippen molar-refractivity contribution in [1.29, 1.82) is 0 Å². The number of para-hydroxylation sites is 1. The third kappa shape index (κ3) is 6.28. The Hall–Kier alpha value is -1.94. The molecule has 0 aromatic heterocycles. The van der Waals surface area contributed by atoms with Gasteiger partial charge in [0.05, 0.1) is 11.8 Å². The highest BCUT2D eigenvalue weighted by molar-refractivity contribution is 7.99. The molecule has 0 unspecified atom stereocenters. The van der Waals surface area contributed by atoms with Gasteiger partial charge in [-0.15, -0.1) is 11.8 Å². The van der Waals surface area contributed by atoms with Gasteiger partial charge < -0.3 is 10.1 Å². The summed E-state index contributed by atoms with van der Waals surface area (Å²) < 4.78 is 5.76. The molecule has 0 aliphatic carbocycles. The lowest BCUT2D eigenvalue weighted by Crippen LogP contribution is -2.37. The second-order valence-electron chi connectivity index (χ2n) is 6.02. The van der Waals surface area contributed by atoms with Crippen LogP contribution in [0.4, 0.5) is 0 Å². The topological polar surface area (TPSA) is 38.3 Å². The second kappa shape index (κ2) is 9.38. The average Bonchev–Trinajstić information content (AvgIpc) is 2.56. The van der Waals surface area contributed by atoms with E-state index in [0.29, 0.717) is 12.4 Å². The molecule has 3 nitrogen and oxygen atoms in total. The maximum atomic E-state index is 12.0. The van der Waals surface area contributed by atoms with E-state index in [4.69, 9.17) is 4.74 Å². The van der Waals surface area contributed by atoms with Crippen LogP contribution < -0.4 is 10.1 Å². The van der Waals surface area contributed by atoms with E-state index >= 15 is 0 Å². The summed E-state index contributed by atoms with van der Waals surface area (Å²) in [6, 6.07) is 16.3. The van der Waals surface area contributed by atoms with E-state index in [1.54, 1.807) is 11.8 Å². The van der Waals surface area contributed by atoms with Crippen LogP contribution in [0.5, 0.6) is 5.75 Å². The highest BCUT2D eigenvalue weighted by atomic mass is 32.2. The number of benzene rings is 2. The number of ether oxygens (including phenoxy) is 1. The summed E-state index contributed by atoms with van der Waals surface area (Å²) in [5, 5.41) is 2.98. The third-order valence-corrected chi connectivity index (χ3v) is 4.62. The lowest BCUT2D eigenvalue weighted by atomic mass is 10.2. The Bertz CT molecular complexity index is 655. The molecule has 0 saturated heterocycles. The summed E-state index contributed by atoms with van der Waals surface area (Å²) in [6.45, 7) is 6.52. The lowest BCUT2D eigenvalue weighted by molar-refractivity contribution is -0.119. The van der Waals surface area contributed by atoms with Gasteiger partial charge in [-0.3, -0.25) is 4.79 Å². The van der Waals surface area contributed by atoms with Crippen molar-refractivity contribution in [3.63, 3.8) is 0 Å². The monoisotopic (exact) mass is 343 g/mol. The van der Waals surface area contributed by atoms with Gasteiger partial charge in [0, 0.05) is 5.75 Å². The molecule has 2 aromatic carbocycles. The van der Waals surface area contributed by atoms with Gasteiger partial charge in [-0.25, -0.2) is 0 Å². The molecule has 128 valence electrons. The van der Waals surface area contributed by atoms with Crippen LogP contribution >= 0.6 is 11.8 Å². The number of carbonyl (C=O) groups is 1. The summed E-state index contributed by atoms with van der Waals surface area (Å²) in [5.41, 5.74) is 3.60. The van der Waals surface area contributed by atoms with Crippen LogP contribution in [0.25, 0.3) is 0 Å². The molecule has 0 saturated carbocycles. The molecule has 1 N–H and O–H groups in total. The Labute approximate surface area is 148 Å². The van der Waals surface area contributed by atoms with Crippen molar-refractivity contribution >= 4 is 17.7 Å². The molecule has 2 aromatic rings. The number of carbonyl (C=O) groups excluding carboxylic acids is 1. The first-order valence-electron chi connectivity index (χ1n) is 8.15. The summed E-state index contributed by atoms with van der Waals surface area (Å²) in [7, 11) is 0. The zero-order valence-corrected chi connectivity index (χ0v) is 15.4. The van der Waals surface area contributed by atoms with E-state index in [1.165, 1.54) is 11.1 Å². The van der Waals surface area contributed by atoms with Gasteiger partial charge >= 0.3 is 0 Å². The van der Waals surface area contributed by atoms with Gasteiger partial charge in [0.15, 0.2) is 0 Å². The van der Waals surface area contributed by atoms with Gasteiger partial charge in [-0.1, -0.05) is 48.0 Å². The zero-order valence-electron chi connectivity index (χ0n) is 14.5. The number of aryl methyl sites for hydroxylation is 2. The summed E-state index contributed by atoms with van der Waals surface area (Å²) >= 11 is 1.63. The fourth-order valence-electron chi connectivity index (χ4n) is 2.24. The Balaban J connectivity index is 1.66. The minimum Gasteiger partial charge on any atom is -0.491 e. The highest BCUT2D eigenvalue weighted by Crippen LogP contribution is 2.16. The van der Waals surface area contributed by atoms with Crippen LogP contribution in [0.1, 0.15) is 23.6 Å². The van der Waals surface area contributed by atoms with Gasteiger partial charge in [0.25, 0.3) is 0 Å². The Morgan fingerprint density at radius 2 is 1.83 bits per heavy atom. The van der Waals surface area contributed by atoms with Crippen molar-refractivity contribution in [2.45, 2.75) is 32.6 Å². The highest BCUT2D eigenvalue weighted by Gasteiger charge is 2.09. The largest absolute Gasteiger partial charge is 0.491 e. The third-order valence-electron chi connectivity index (χ3n) is 3.61. The Morgan fingerprint density at radius 1 is 1.12 bits per heavy atom. The fourth-order valence-corrected chi connectivity index (χ4v) is 3.04. The van der Waals surface area contributed by atoms with Crippen molar-refractivity contribution in [3.05, 3.63) is 65.2 Å². The molecule has 0 bridgehead atoms. The van der Waals surface area contributed by atoms with E-state index in [1.807, 2.05) is 38.1 Å². The maximum absolute atomic E-state index is 12.0.